The first kappa shape index (κ1) is 17.2. The van der Waals surface area contributed by atoms with Crippen LogP contribution >= 0.6 is 15.9 Å². The smallest absolute Gasteiger partial charge is 0.0722 e. The molecule has 0 saturated heterocycles. The van der Waals surface area contributed by atoms with Gasteiger partial charge < -0.3 is 0 Å². The molecule has 1 saturated carbocycles. The van der Waals surface area contributed by atoms with Crippen molar-refractivity contribution in [3.05, 3.63) is 82.9 Å². The molecule has 1 nitrogen and oxygen atoms in total. The first-order chi connectivity index (χ1) is 11.7. The van der Waals surface area contributed by atoms with Gasteiger partial charge in [0.05, 0.1) is 11.8 Å². The molecule has 0 aliphatic heterocycles. The summed E-state index contributed by atoms with van der Waals surface area (Å²) in [5.74, 6) is 0.591. The predicted octanol–water partition coefficient (Wildman–Crippen LogP) is 6.38. The molecule has 0 bridgehead atoms. The maximum absolute atomic E-state index is 5.27. The van der Waals surface area contributed by atoms with Crippen LogP contribution in [0.15, 0.2) is 76.7 Å². The quantitative estimate of drug-likeness (QED) is 0.532. The van der Waals surface area contributed by atoms with Crippen LogP contribution in [0.25, 0.3) is 0 Å². The van der Waals surface area contributed by atoms with Crippen LogP contribution in [0.5, 0.6) is 0 Å². The molecule has 0 aromatic heterocycles. The number of halogens is 1. The van der Waals surface area contributed by atoms with Gasteiger partial charge in [0.1, 0.15) is 0 Å². The van der Waals surface area contributed by atoms with Crippen molar-refractivity contribution in [2.45, 2.75) is 38.1 Å². The first-order valence-corrected chi connectivity index (χ1v) is 9.55. The molecule has 0 radical (unpaired) electrons. The summed E-state index contributed by atoms with van der Waals surface area (Å²) < 4.78 is 1.09. The van der Waals surface area contributed by atoms with Crippen molar-refractivity contribution in [3.63, 3.8) is 0 Å². The third kappa shape index (κ3) is 4.45. The van der Waals surface area contributed by atoms with E-state index in [0.717, 1.165) is 16.6 Å². The van der Waals surface area contributed by atoms with Crippen LogP contribution < -0.4 is 0 Å². The van der Waals surface area contributed by atoms with Gasteiger partial charge in [-0.25, -0.2) is 0 Å². The Kier molecular flexibility index (Phi) is 6.03. The maximum atomic E-state index is 5.27. The van der Waals surface area contributed by atoms with E-state index in [2.05, 4.69) is 83.2 Å². The molecular weight excluding hydrogens is 358 g/mol. The molecule has 0 amide bonds. The van der Waals surface area contributed by atoms with Crippen LogP contribution in [0, 0.1) is 5.92 Å². The lowest BCUT2D eigenvalue weighted by atomic mass is 9.82. The zero-order valence-corrected chi connectivity index (χ0v) is 15.6. The van der Waals surface area contributed by atoms with Crippen molar-refractivity contribution in [2.75, 3.05) is 0 Å². The van der Waals surface area contributed by atoms with Crippen molar-refractivity contribution < 1.29 is 0 Å². The Morgan fingerprint density at radius 1 is 0.917 bits per heavy atom. The monoisotopic (exact) mass is 381 g/mol. The van der Waals surface area contributed by atoms with E-state index in [1.807, 2.05) is 0 Å². The Morgan fingerprint density at radius 2 is 1.46 bits per heavy atom. The molecular formula is C22H24BrN. The molecule has 124 valence electrons. The van der Waals surface area contributed by atoms with Crippen molar-refractivity contribution >= 4 is 21.6 Å². The molecule has 0 unspecified atom stereocenters. The Morgan fingerprint density at radius 3 is 2.00 bits per heavy atom. The Hall–Kier alpha value is -1.67. The maximum Gasteiger partial charge on any atom is 0.0722 e. The van der Waals surface area contributed by atoms with Crippen LogP contribution in [-0.2, 0) is 0 Å². The fourth-order valence-corrected chi connectivity index (χ4v) is 3.97. The summed E-state index contributed by atoms with van der Waals surface area (Å²) in [5.41, 5.74) is 3.52. The average molecular weight is 382 g/mol. The third-order valence-corrected chi connectivity index (χ3v) is 5.07. The summed E-state index contributed by atoms with van der Waals surface area (Å²) in [6.07, 6.45) is 6.02. The lowest BCUT2D eigenvalue weighted by Gasteiger charge is -2.29. The van der Waals surface area contributed by atoms with E-state index in [-0.39, 0.29) is 0 Å². The highest BCUT2D eigenvalue weighted by molar-refractivity contribution is 9.11. The second-order valence-corrected chi connectivity index (χ2v) is 7.66. The SMILES string of the molecule is C=C(Br)C[C@H]1CCCC[C@H]1N=C(c1ccccc1)c1ccccc1. The normalized spacial score (nSPS) is 20.4. The fraction of sp³-hybridized carbons (Fsp3) is 0.318. The number of hydrogen-bond donors (Lipinski definition) is 0. The Labute approximate surface area is 153 Å². The fourth-order valence-electron chi connectivity index (χ4n) is 3.55. The van der Waals surface area contributed by atoms with Gasteiger partial charge >= 0.3 is 0 Å². The number of benzene rings is 2. The van der Waals surface area contributed by atoms with E-state index >= 15 is 0 Å². The highest BCUT2D eigenvalue weighted by atomic mass is 79.9. The molecule has 0 heterocycles. The van der Waals surface area contributed by atoms with Crippen LogP contribution in [0.4, 0.5) is 0 Å². The van der Waals surface area contributed by atoms with Crippen LogP contribution in [0.2, 0.25) is 0 Å². The van der Waals surface area contributed by atoms with Gasteiger partial charge in [0, 0.05) is 11.1 Å². The minimum Gasteiger partial charge on any atom is -0.280 e. The van der Waals surface area contributed by atoms with Crippen molar-refractivity contribution in [1.82, 2.24) is 0 Å². The molecule has 2 aromatic carbocycles. The summed E-state index contributed by atoms with van der Waals surface area (Å²) in [6.45, 7) is 4.05. The summed E-state index contributed by atoms with van der Waals surface area (Å²) in [7, 11) is 0. The van der Waals surface area contributed by atoms with Crippen molar-refractivity contribution in [1.29, 1.82) is 0 Å². The Balaban J connectivity index is 1.97. The lowest BCUT2D eigenvalue weighted by molar-refractivity contribution is 0.311. The van der Waals surface area contributed by atoms with E-state index in [0.29, 0.717) is 12.0 Å². The van der Waals surface area contributed by atoms with Gasteiger partial charge in [0.15, 0.2) is 0 Å². The third-order valence-electron chi connectivity index (χ3n) is 4.74. The van der Waals surface area contributed by atoms with Gasteiger partial charge in [0.25, 0.3) is 0 Å². The van der Waals surface area contributed by atoms with Gasteiger partial charge in [-0.1, -0.05) is 96.0 Å². The minimum atomic E-state index is 0.378. The molecule has 0 N–H and O–H groups in total. The van der Waals surface area contributed by atoms with Gasteiger partial charge in [-0.15, -0.1) is 0 Å². The van der Waals surface area contributed by atoms with E-state index < -0.39 is 0 Å². The second-order valence-electron chi connectivity index (χ2n) is 6.54. The Bertz CT molecular complexity index is 649. The summed E-state index contributed by atoms with van der Waals surface area (Å²) in [6, 6.07) is 21.5. The summed E-state index contributed by atoms with van der Waals surface area (Å²) in [5, 5.41) is 0. The molecule has 1 aliphatic carbocycles. The average Bonchev–Trinajstić information content (AvgIpc) is 2.62. The standard InChI is InChI=1S/C22H24BrN/c1-17(23)16-20-14-8-9-15-21(20)24-22(18-10-4-2-5-11-18)19-12-6-3-7-13-19/h2-7,10-13,20-21H,1,8-9,14-16H2/t20-,21-/m1/s1. The molecule has 3 rings (SSSR count). The van der Waals surface area contributed by atoms with Crippen LogP contribution in [0.3, 0.4) is 0 Å². The number of nitrogens with zero attached hydrogens (tertiary/aromatic N) is 1. The molecule has 24 heavy (non-hydrogen) atoms. The summed E-state index contributed by atoms with van der Waals surface area (Å²) in [4.78, 5) is 5.27. The van der Waals surface area contributed by atoms with E-state index in [1.54, 1.807) is 0 Å². The largest absolute Gasteiger partial charge is 0.280 e. The number of allylic oxidation sites excluding steroid dienone is 1. The minimum absolute atomic E-state index is 0.378. The van der Waals surface area contributed by atoms with E-state index in [9.17, 15) is 0 Å². The lowest BCUT2D eigenvalue weighted by Crippen LogP contribution is -2.25. The number of rotatable bonds is 5. The first-order valence-electron chi connectivity index (χ1n) is 8.76. The van der Waals surface area contributed by atoms with E-state index in [4.69, 9.17) is 4.99 Å². The highest BCUT2D eigenvalue weighted by Gasteiger charge is 2.25. The van der Waals surface area contributed by atoms with Gasteiger partial charge in [0.2, 0.25) is 0 Å². The molecule has 1 fully saturated rings. The number of hydrogen-bond acceptors (Lipinski definition) is 1. The van der Waals surface area contributed by atoms with Gasteiger partial charge in [-0.3, -0.25) is 4.99 Å². The highest BCUT2D eigenvalue weighted by Crippen LogP contribution is 2.33. The number of aliphatic imine (C=N–C) groups is 1. The summed E-state index contributed by atoms with van der Waals surface area (Å²) >= 11 is 3.55. The molecule has 2 atom stereocenters. The zero-order valence-electron chi connectivity index (χ0n) is 14.0. The van der Waals surface area contributed by atoms with E-state index in [1.165, 1.54) is 36.8 Å². The topological polar surface area (TPSA) is 12.4 Å². The van der Waals surface area contributed by atoms with Crippen molar-refractivity contribution in [2.24, 2.45) is 10.9 Å². The molecule has 0 spiro atoms. The van der Waals surface area contributed by atoms with Gasteiger partial charge in [-0.2, -0.15) is 0 Å². The zero-order chi connectivity index (χ0) is 16.8. The molecule has 2 aromatic rings. The predicted molar refractivity (Wildman–Crippen MR) is 107 cm³/mol. The van der Waals surface area contributed by atoms with Crippen molar-refractivity contribution in [3.8, 4) is 0 Å². The molecule has 1 aliphatic rings. The van der Waals surface area contributed by atoms with Crippen LogP contribution in [0.1, 0.15) is 43.2 Å². The van der Waals surface area contributed by atoms with Crippen LogP contribution in [-0.4, -0.2) is 11.8 Å². The second kappa shape index (κ2) is 8.43. The van der Waals surface area contributed by atoms with Gasteiger partial charge in [-0.05, 0) is 29.7 Å². The molecule has 2 heteroatoms.